The Labute approximate surface area is 194 Å². The highest BCUT2D eigenvalue weighted by Crippen LogP contribution is 2.30. The summed E-state index contributed by atoms with van der Waals surface area (Å²) < 4.78 is 45.1. The number of hydrogen-bond donors (Lipinski definition) is 0. The Morgan fingerprint density at radius 3 is 2.41 bits per heavy atom. The van der Waals surface area contributed by atoms with Gasteiger partial charge in [0.05, 0.1) is 20.8 Å². The van der Waals surface area contributed by atoms with Crippen LogP contribution >= 0.6 is 0 Å². The molecular weight excluding hydrogens is 450 g/mol. The summed E-state index contributed by atoms with van der Waals surface area (Å²) in [5.74, 6) is 1.49. The molecule has 1 saturated heterocycles. The largest absolute Gasteiger partial charge is 0.497 e. The van der Waals surface area contributed by atoms with Crippen molar-refractivity contribution in [1.29, 1.82) is 0 Å². The number of aromatic nitrogens is 2. The number of amides is 1. The maximum Gasteiger partial charge on any atom is 0.387 e. The molecule has 34 heavy (non-hydrogen) atoms. The molecule has 4 rings (SSSR count). The number of benzene rings is 2. The van der Waals surface area contributed by atoms with Crippen molar-refractivity contribution < 1.29 is 32.3 Å². The van der Waals surface area contributed by atoms with Crippen molar-refractivity contribution in [3.8, 4) is 28.6 Å². The zero-order chi connectivity index (χ0) is 24.1. The lowest BCUT2D eigenvalue weighted by Crippen LogP contribution is -2.48. The van der Waals surface area contributed by atoms with E-state index in [9.17, 15) is 13.6 Å². The van der Waals surface area contributed by atoms with Gasteiger partial charge in [0.15, 0.2) is 11.5 Å². The first-order valence-corrected chi connectivity index (χ1v) is 10.6. The van der Waals surface area contributed by atoms with E-state index >= 15 is 0 Å². The molecule has 0 saturated carbocycles. The van der Waals surface area contributed by atoms with E-state index in [1.807, 2.05) is 24.3 Å². The number of halogens is 2. The van der Waals surface area contributed by atoms with Crippen molar-refractivity contribution in [3.05, 3.63) is 53.9 Å². The smallest absolute Gasteiger partial charge is 0.387 e. The molecule has 9 nitrogen and oxygen atoms in total. The van der Waals surface area contributed by atoms with Gasteiger partial charge in [0, 0.05) is 37.3 Å². The SMILES string of the molecule is COc1ccc(-c2noc(CN3CCN(C(=O)c4ccc(OC(F)F)c(OC)c4)CC3)n2)cc1. The maximum absolute atomic E-state index is 12.9. The summed E-state index contributed by atoms with van der Waals surface area (Å²) in [5, 5.41) is 4.04. The fourth-order valence-corrected chi connectivity index (χ4v) is 3.65. The zero-order valence-electron chi connectivity index (χ0n) is 18.7. The van der Waals surface area contributed by atoms with E-state index in [2.05, 4.69) is 19.8 Å². The Morgan fingerprint density at radius 2 is 1.76 bits per heavy atom. The summed E-state index contributed by atoms with van der Waals surface area (Å²) in [6, 6.07) is 11.6. The monoisotopic (exact) mass is 474 g/mol. The second-order valence-electron chi connectivity index (χ2n) is 7.55. The van der Waals surface area contributed by atoms with E-state index in [-0.39, 0.29) is 17.4 Å². The Bertz CT molecular complexity index is 1110. The van der Waals surface area contributed by atoms with E-state index in [1.165, 1.54) is 25.3 Å². The summed E-state index contributed by atoms with van der Waals surface area (Å²) in [7, 11) is 2.94. The normalized spacial score (nSPS) is 14.3. The number of piperazine rings is 1. The minimum atomic E-state index is -2.98. The van der Waals surface area contributed by atoms with Gasteiger partial charge in [-0.25, -0.2) is 0 Å². The molecule has 1 fully saturated rings. The zero-order valence-corrected chi connectivity index (χ0v) is 18.7. The number of hydrogen-bond acceptors (Lipinski definition) is 8. The van der Waals surface area contributed by atoms with Crippen molar-refractivity contribution in [3.63, 3.8) is 0 Å². The standard InChI is InChI=1S/C23H24F2N4O5/c1-31-17-6-3-15(4-7-17)21-26-20(34-27-21)14-28-9-11-29(12-10-28)22(30)16-5-8-18(33-23(24)25)19(13-16)32-2/h3-8,13,23H,9-12,14H2,1-2H3. The number of methoxy groups -OCH3 is 2. The van der Waals surface area contributed by atoms with Crippen LogP contribution in [0, 0.1) is 0 Å². The second-order valence-corrected chi connectivity index (χ2v) is 7.55. The fourth-order valence-electron chi connectivity index (χ4n) is 3.65. The number of rotatable bonds is 8. The van der Waals surface area contributed by atoms with Crippen LogP contribution in [0.3, 0.4) is 0 Å². The molecule has 180 valence electrons. The second kappa shape index (κ2) is 10.5. The summed E-state index contributed by atoms with van der Waals surface area (Å²) in [6.07, 6.45) is 0. The molecule has 0 bridgehead atoms. The van der Waals surface area contributed by atoms with Gasteiger partial charge in [-0.3, -0.25) is 9.69 Å². The summed E-state index contributed by atoms with van der Waals surface area (Å²) in [6.45, 7) is -0.273. The quantitative estimate of drug-likeness (QED) is 0.491. The van der Waals surface area contributed by atoms with Gasteiger partial charge in [0.25, 0.3) is 5.91 Å². The van der Waals surface area contributed by atoms with Crippen LogP contribution < -0.4 is 14.2 Å². The molecule has 2 aromatic carbocycles. The molecule has 0 aliphatic carbocycles. The lowest BCUT2D eigenvalue weighted by atomic mass is 10.1. The molecule has 11 heteroatoms. The molecule has 3 aromatic rings. The summed E-state index contributed by atoms with van der Waals surface area (Å²) in [4.78, 5) is 21.2. The van der Waals surface area contributed by atoms with Crippen molar-refractivity contribution in [2.45, 2.75) is 13.2 Å². The molecule has 1 aliphatic heterocycles. The van der Waals surface area contributed by atoms with Gasteiger partial charge < -0.3 is 23.6 Å². The number of ether oxygens (including phenoxy) is 3. The van der Waals surface area contributed by atoms with Crippen molar-refractivity contribution in [2.24, 2.45) is 0 Å². The summed E-state index contributed by atoms with van der Waals surface area (Å²) >= 11 is 0. The Hall–Kier alpha value is -3.73. The minimum absolute atomic E-state index is 0.0776. The predicted molar refractivity (Wildman–Crippen MR) is 117 cm³/mol. The van der Waals surface area contributed by atoms with Crippen LogP contribution in [-0.2, 0) is 6.54 Å². The van der Waals surface area contributed by atoms with Gasteiger partial charge in [-0.2, -0.15) is 13.8 Å². The third-order valence-corrected chi connectivity index (χ3v) is 5.46. The highest BCUT2D eigenvalue weighted by atomic mass is 19.3. The van der Waals surface area contributed by atoms with Gasteiger partial charge in [-0.15, -0.1) is 0 Å². The van der Waals surface area contributed by atoms with Gasteiger partial charge in [-0.1, -0.05) is 5.16 Å². The van der Waals surface area contributed by atoms with Crippen LogP contribution in [0.5, 0.6) is 17.2 Å². The van der Waals surface area contributed by atoms with E-state index in [0.717, 1.165) is 11.3 Å². The van der Waals surface area contributed by atoms with Crippen LogP contribution in [0.4, 0.5) is 8.78 Å². The van der Waals surface area contributed by atoms with E-state index in [1.54, 1.807) is 12.0 Å². The first kappa shape index (κ1) is 23.4. The lowest BCUT2D eigenvalue weighted by Gasteiger charge is -2.34. The third kappa shape index (κ3) is 5.42. The van der Waals surface area contributed by atoms with Crippen molar-refractivity contribution in [1.82, 2.24) is 19.9 Å². The highest BCUT2D eigenvalue weighted by Gasteiger charge is 2.24. The highest BCUT2D eigenvalue weighted by molar-refractivity contribution is 5.95. The molecule has 1 aliphatic rings. The fraction of sp³-hybridized carbons (Fsp3) is 0.348. The average Bonchev–Trinajstić information content (AvgIpc) is 3.32. The molecular formula is C23H24F2N4O5. The van der Waals surface area contributed by atoms with E-state index < -0.39 is 6.61 Å². The molecule has 0 radical (unpaired) electrons. The molecule has 2 heterocycles. The molecule has 1 amide bonds. The van der Waals surface area contributed by atoms with Crippen LogP contribution in [0.15, 0.2) is 47.0 Å². The van der Waals surface area contributed by atoms with Gasteiger partial charge >= 0.3 is 6.61 Å². The maximum atomic E-state index is 12.9. The molecule has 0 atom stereocenters. The topological polar surface area (TPSA) is 90.2 Å². The van der Waals surface area contributed by atoms with Crippen molar-refractivity contribution in [2.75, 3.05) is 40.4 Å². The number of carbonyl (C=O) groups is 1. The molecule has 0 spiro atoms. The molecule has 0 unspecified atom stereocenters. The number of carbonyl (C=O) groups excluding carboxylic acids is 1. The van der Waals surface area contributed by atoms with Gasteiger partial charge in [0.1, 0.15) is 5.75 Å². The predicted octanol–water partition coefficient (Wildman–Crippen LogP) is 3.31. The number of alkyl halides is 2. The average molecular weight is 474 g/mol. The number of nitrogens with zero attached hydrogens (tertiary/aromatic N) is 4. The van der Waals surface area contributed by atoms with Crippen LogP contribution in [0.1, 0.15) is 16.2 Å². The first-order chi connectivity index (χ1) is 16.5. The first-order valence-electron chi connectivity index (χ1n) is 10.6. The molecule has 0 N–H and O–H groups in total. The van der Waals surface area contributed by atoms with Crippen molar-refractivity contribution >= 4 is 5.91 Å². The van der Waals surface area contributed by atoms with E-state index in [0.29, 0.717) is 50.0 Å². The van der Waals surface area contributed by atoms with Crippen LogP contribution in [-0.4, -0.2) is 72.9 Å². The van der Waals surface area contributed by atoms with E-state index in [4.69, 9.17) is 14.0 Å². The minimum Gasteiger partial charge on any atom is -0.497 e. The lowest BCUT2D eigenvalue weighted by molar-refractivity contribution is -0.0512. The Kier molecular flexibility index (Phi) is 7.21. The Balaban J connectivity index is 1.33. The van der Waals surface area contributed by atoms with Gasteiger partial charge in [0.2, 0.25) is 11.7 Å². The van der Waals surface area contributed by atoms with Crippen LogP contribution in [0.2, 0.25) is 0 Å². The Morgan fingerprint density at radius 1 is 1.03 bits per heavy atom. The third-order valence-electron chi connectivity index (χ3n) is 5.46. The van der Waals surface area contributed by atoms with Crippen LogP contribution in [0.25, 0.3) is 11.4 Å². The molecule has 1 aromatic heterocycles. The van der Waals surface area contributed by atoms with Gasteiger partial charge in [-0.05, 0) is 42.5 Å². The summed E-state index contributed by atoms with van der Waals surface area (Å²) in [5.41, 5.74) is 1.17.